The summed E-state index contributed by atoms with van der Waals surface area (Å²) >= 11 is 0. The van der Waals surface area contributed by atoms with Crippen LogP contribution >= 0.6 is 0 Å². The van der Waals surface area contributed by atoms with Crippen molar-refractivity contribution in [3.8, 4) is 11.8 Å². The number of anilines is 1. The molecule has 0 fully saturated rings. The van der Waals surface area contributed by atoms with Crippen molar-refractivity contribution < 1.29 is 13.9 Å². The van der Waals surface area contributed by atoms with Gasteiger partial charge in [0.2, 0.25) is 0 Å². The molecule has 1 atom stereocenters. The molecule has 0 spiro atoms. The standard InChI is InChI=1S/C32H30FN3O2/c1-19-11-13-23(14-12-19)38-18-22-16-24(21(3)15-20(22)2)30-25(17-34)32(35)36(27-8-5-4-7-26(27)33)28-9-6-10-29(37)31(28)30/h4-5,7-8,11-16,30H,6,9-10,18,35H2,1-3H3. The van der Waals surface area contributed by atoms with E-state index in [2.05, 4.69) is 12.1 Å². The second-order valence-electron chi connectivity index (χ2n) is 10.0. The number of Topliss-reactive ketones (excluding diaryl/α,β-unsaturated/α-hetero) is 1. The molecule has 2 aliphatic rings. The van der Waals surface area contributed by atoms with E-state index < -0.39 is 11.7 Å². The molecule has 38 heavy (non-hydrogen) atoms. The maximum Gasteiger partial charge on any atom is 0.161 e. The molecular formula is C32H30FN3O2. The minimum atomic E-state index is -0.621. The van der Waals surface area contributed by atoms with Gasteiger partial charge >= 0.3 is 0 Å². The Morgan fingerprint density at radius 2 is 1.79 bits per heavy atom. The van der Waals surface area contributed by atoms with Crippen LogP contribution in [0, 0.1) is 37.9 Å². The molecule has 1 aliphatic heterocycles. The smallest absolute Gasteiger partial charge is 0.161 e. The van der Waals surface area contributed by atoms with Crippen molar-refractivity contribution in [2.75, 3.05) is 4.90 Å². The number of ketones is 1. The molecule has 0 bridgehead atoms. The van der Waals surface area contributed by atoms with Crippen LogP contribution < -0.4 is 15.4 Å². The van der Waals surface area contributed by atoms with Gasteiger partial charge in [-0.1, -0.05) is 42.0 Å². The summed E-state index contributed by atoms with van der Waals surface area (Å²) in [6.45, 7) is 6.38. The van der Waals surface area contributed by atoms with Gasteiger partial charge in [-0.2, -0.15) is 5.26 Å². The number of benzene rings is 3. The van der Waals surface area contributed by atoms with Gasteiger partial charge in [0, 0.05) is 17.7 Å². The van der Waals surface area contributed by atoms with Gasteiger partial charge in [0.25, 0.3) is 0 Å². The van der Waals surface area contributed by atoms with Gasteiger partial charge in [0.05, 0.1) is 23.2 Å². The Morgan fingerprint density at radius 1 is 1.05 bits per heavy atom. The van der Waals surface area contributed by atoms with Gasteiger partial charge < -0.3 is 10.5 Å². The molecule has 5 nitrogen and oxygen atoms in total. The number of hydrogen-bond donors (Lipinski definition) is 1. The summed E-state index contributed by atoms with van der Waals surface area (Å²) in [5.41, 5.74) is 13.3. The normalized spacial score (nSPS) is 17.4. The highest BCUT2D eigenvalue weighted by molar-refractivity contribution is 6.01. The number of nitrogens with zero attached hydrogens (tertiary/aromatic N) is 2. The molecule has 6 heteroatoms. The summed E-state index contributed by atoms with van der Waals surface area (Å²) in [6.07, 6.45) is 1.60. The van der Waals surface area contributed by atoms with Gasteiger partial charge in [-0.3, -0.25) is 9.69 Å². The van der Waals surface area contributed by atoms with Gasteiger partial charge in [-0.15, -0.1) is 0 Å². The number of allylic oxidation sites excluding steroid dienone is 3. The van der Waals surface area contributed by atoms with Crippen LogP contribution in [-0.2, 0) is 11.4 Å². The molecule has 5 rings (SSSR count). The topological polar surface area (TPSA) is 79.3 Å². The zero-order chi connectivity index (χ0) is 27.0. The third-order valence-corrected chi connectivity index (χ3v) is 7.46. The van der Waals surface area contributed by atoms with E-state index >= 15 is 0 Å². The fourth-order valence-electron chi connectivity index (χ4n) is 5.48. The Bertz CT molecular complexity index is 1530. The monoisotopic (exact) mass is 507 g/mol. The van der Waals surface area contributed by atoms with E-state index in [1.165, 1.54) is 6.07 Å². The quantitative estimate of drug-likeness (QED) is 0.419. The van der Waals surface area contributed by atoms with Crippen LogP contribution in [0.4, 0.5) is 10.1 Å². The van der Waals surface area contributed by atoms with Crippen molar-refractivity contribution in [1.29, 1.82) is 5.26 Å². The van der Waals surface area contributed by atoms with Crippen molar-refractivity contribution >= 4 is 11.5 Å². The van der Waals surface area contributed by atoms with Crippen LogP contribution in [0.25, 0.3) is 0 Å². The fraction of sp³-hybridized carbons (Fsp3) is 0.250. The molecule has 192 valence electrons. The summed E-state index contributed by atoms with van der Waals surface area (Å²) in [5.74, 6) is -0.184. The highest BCUT2D eigenvalue weighted by atomic mass is 19.1. The molecule has 3 aromatic carbocycles. The molecule has 0 amide bonds. The Hall–Kier alpha value is -4.37. The number of para-hydroxylation sites is 1. The Morgan fingerprint density at radius 3 is 2.50 bits per heavy atom. The predicted molar refractivity (Wildman–Crippen MR) is 146 cm³/mol. The van der Waals surface area contributed by atoms with Gasteiger partial charge in [-0.25, -0.2) is 4.39 Å². The molecule has 0 saturated heterocycles. The van der Waals surface area contributed by atoms with Crippen molar-refractivity contribution in [3.05, 3.63) is 117 Å². The van der Waals surface area contributed by atoms with Gasteiger partial charge in [0.1, 0.15) is 24.0 Å². The molecule has 1 unspecified atom stereocenters. The molecule has 2 N–H and O–H groups in total. The van der Waals surface area contributed by atoms with Crippen LogP contribution in [0.15, 0.2) is 83.3 Å². The van der Waals surface area contributed by atoms with E-state index in [9.17, 15) is 14.4 Å². The lowest BCUT2D eigenvalue weighted by Crippen LogP contribution is -2.39. The minimum absolute atomic E-state index is 0.0322. The summed E-state index contributed by atoms with van der Waals surface area (Å²) in [4.78, 5) is 15.0. The van der Waals surface area contributed by atoms with Crippen LogP contribution in [0.1, 0.15) is 53.0 Å². The number of carbonyl (C=O) groups excluding carboxylic acids is 1. The average molecular weight is 508 g/mol. The first-order valence-corrected chi connectivity index (χ1v) is 12.8. The van der Waals surface area contributed by atoms with E-state index in [4.69, 9.17) is 10.5 Å². The second kappa shape index (κ2) is 10.2. The van der Waals surface area contributed by atoms with Crippen LogP contribution in [0.3, 0.4) is 0 Å². The maximum absolute atomic E-state index is 14.9. The van der Waals surface area contributed by atoms with Crippen LogP contribution in [0.5, 0.6) is 5.75 Å². The van der Waals surface area contributed by atoms with E-state index in [-0.39, 0.29) is 22.9 Å². The number of hydrogen-bond acceptors (Lipinski definition) is 5. The number of halogens is 1. The summed E-state index contributed by atoms with van der Waals surface area (Å²) < 4.78 is 21.0. The molecular weight excluding hydrogens is 477 g/mol. The zero-order valence-electron chi connectivity index (χ0n) is 21.8. The fourth-order valence-corrected chi connectivity index (χ4v) is 5.48. The Kier molecular flexibility index (Phi) is 6.77. The average Bonchev–Trinajstić information content (AvgIpc) is 2.89. The molecule has 0 aromatic heterocycles. The number of rotatable bonds is 5. The summed E-state index contributed by atoms with van der Waals surface area (Å²) in [6, 6.07) is 20.5. The molecule has 1 heterocycles. The molecule has 3 aromatic rings. The van der Waals surface area contributed by atoms with Crippen molar-refractivity contribution in [2.24, 2.45) is 5.73 Å². The number of carbonyl (C=O) groups is 1. The van der Waals surface area contributed by atoms with E-state index in [1.807, 2.05) is 51.1 Å². The first kappa shape index (κ1) is 25.3. The third-order valence-electron chi connectivity index (χ3n) is 7.46. The highest BCUT2D eigenvalue weighted by Gasteiger charge is 2.41. The second-order valence-corrected chi connectivity index (χ2v) is 10.0. The molecule has 0 radical (unpaired) electrons. The minimum Gasteiger partial charge on any atom is -0.489 e. The first-order valence-electron chi connectivity index (χ1n) is 12.8. The van der Waals surface area contributed by atoms with Crippen molar-refractivity contribution in [1.82, 2.24) is 0 Å². The summed E-state index contributed by atoms with van der Waals surface area (Å²) in [7, 11) is 0. The first-order chi connectivity index (χ1) is 18.3. The SMILES string of the molecule is Cc1ccc(OCc2cc(C3C(C#N)=C(N)N(c4ccccc4F)C4=C3C(=O)CCC4)c(C)cc2C)cc1. The third kappa shape index (κ3) is 4.45. The number of nitrogens with two attached hydrogens (primary N) is 1. The lowest BCUT2D eigenvalue weighted by Gasteiger charge is -2.40. The number of aryl methyl sites for hydroxylation is 3. The van der Waals surface area contributed by atoms with Crippen molar-refractivity contribution in [3.63, 3.8) is 0 Å². The Labute approximate surface area is 222 Å². The van der Waals surface area contributed by atoms with E-state index in [0.717, 1.165) is 33.6 Å². The lowest BCUT2D eigenvalue weighted by atomic mass is 9.74. The van der Waals surface area contributed by atoms with Gasteiger partial charge in [0.15, 0.2) is 5.78 Å². The zero-order valence-corrected chi connectivity index (χ0v) is 21.8. The van der Waals surface area contributed by atoms with Crippen molar-refractivity contribution in [2.45, 2.75) is 52.6 Å². The maximum atomic E-state index is 14.9. The van der Waals surface area contributed by atoms with E-state index in [1.54, 1.807) is 23.1 Å². The molecule has 1 aliphatic carbocycles. The van der Waals surface area contributed by atoms with Crippen LogP contribution in [0.2, 0.25) is 0 Å². The number of nitriles is 1. The van der Waals surface area contributed by atoms with Gasteiger partial charge in [-0.05, 0) is 80.1 Å². The predicted octanol–water partition coefficient (Wildman–Crippen LogP) is 6.63. The lowest BCUT2D eigenvalue weighted by molar-refractivity contribution is -0.116. The summed E-state index contributed by atoms with van der Waals surface area (Å²) in [5, 5.41) is 10.3. The Balaban J connectivity index is 1.63. The van der Waals surface area contributed by atoms with E-state index in [0.29, 0.717) is 37.1 Å². The highest BCUT2D eigenvalue weighted by Crippen LogP contribution is 2.47. The number of ether oxygens (including phenoxy) is 1. The van der Waals surface area contributed by atoms with Crippen LogP contribution in [-0.4, -0.2) is 5.78 Å². The molecule has 0 saturated carbocycles. The largest absolute Gasteiger partial charge is 0.489 e.